The number of nitrogens with one attached hydrogen (secondary N) is 1. The maximum Gasteiger partial charge on any atom is 0.0360 e. The van der Waals surface area contributed by atoms with Crippen molar-refractivity contribution in [3.05, 3.63) is 32.2 Å². The third-order valence-electron chi connectivity index (χ3n) is 4.16. The first-order valence-corrected chi connectivity index (χ1v) is 8.91. The van der Waals surface area contributed by atoms with Crippen LogP contribution >= 0.6 is 31.9 Å². The molecule has 0 aromatic heterocycles. The molecule has 2 rings (SSSR count). The molecule has 1 aliphatic carbocycles. The van der Waals surface area contributed by atoms with Gasteiger partial charge in [-0.05, 0) is 55.5 Å². The highest BCUT2D eigenvalue weighted by Crippen LogP contribution is 2.38. The van der Waals surface area contributed by atoms with Crippen LogP contribution in [0.3, 0.4) is 0 Å². The monoisotopic (exact) mass is 387 g/mol. The SMILES string of the molecule is CCNC(c1cc(Br)c(C)cc1Br)C1CCCCC1. The van der Waals surface area contributed by atoms with Crippen LogP contribution in [0.15, 0.2) is 21.1 Å². The normalized spacial score (nSPS) is 18.5. The average molecular weight is 389 g/mol. The molecule has 1 aliphatic rings. The zero-order valence-electron chi connectivity index (χ0n) is 11.8. The lowest BCUT2D eigenvalue weighted by atomic mass is 9.81. The van der Waals surface area contributed by atoms with Crippen molar-refractivity contribution in [1.82, 2.24) is 5.32 Å². The summed E-state index contributed by atoms with van der Waals surface area (Å²) in [5.41, 5.74) is 2.70. The lowest BCUT2D eigenvalue weighted by molar-refractivity contribution is 0.274. The molecule has 0 aliphatic heterocycles. The average Bonchev–Trinajstić information content (AvgIpc) is 2.42. The molecule has 3 heteroatoms. The Hall–Kier alpha value is 0.140. The maximum absolute atomic E-state index is 3.76. The quantitative estimate of drug-likeness (QED) is 0.692. The van der Waals surface area contributed by atoms with Gasteiger partial charge in [0.2, 0.25) is 0 Å². The van der Waals surface area contributed by atoms with Crippen LogP contribution in [0.1, 0.15) is 56.2 Å². The molecule has 1 nitrogen and oxygen atoms in total. The van der Waals surface area contributed by atoms with E-state index in [1.165, 1.54) is 52.2 Å². The topological polar surface area (TPSA) is 12.0 Å². The van der Waals surface area contributed by atoms with Crippen molar-refractivity contribution in [2.45, 2.75) is 52.0 Å². The van der Waals surface area contributed by atoms with Gasteiger partial charge in [0.25, 0.3) is 0 Å². The summed E-state index contributed by atoms with van der Waals surface area (Å²) < 4.78 is 2.45. The molecule has 0 radical (unpaired) electrons. The van der Waals surface area contributed by atoms with E-state index in [0.717, 1.165) is 12.5 Å². The molecule has 0 heterocycles. The van der Waals surface area contributed by atoms with Gasteiger partial charge in [-0.25, -0.2) is 0 Å². The predicted molar refractivity (Wildman–Crippen MR) is 89.6 cm³/mol. The van der Waals surface area contributed by atoms with Crippen molar-refractivity contribution >= 4 is 31.9 Å². The zero-order chi connectivity index (χ0) is 13.8. The van der Waals surface area contributed by atoms with Gasteiger partial charge in [-0.3, -0.25) is 0 Å². The number of benzene rings is 1. The molecule has 1 fully saturated rings. The molecule has 0 saturated heterocycles. The minimum Gasteiger partial charge on any atom is -0.310 e. The van der Waals surface area contributed by atoms with E-state index in [-0.39, 0.29) is 0 Å². The summed E-state index contributed by atoms with van der Waals surface area (Å²) in [5.74, 6) is 0.777. The summed E-state index contributed by atoms with van der Waals surface area (Å²) in [7, 11) is 0. The first-order chi connectivity index (χ1) is 9.13. The highest BCUT2D eigenvalue weighted by atomic mass is 79.9. The van der Waals surface area contributed by atoms with E-state index in [4.69, 9.17) is 0 Å². The lowest BCUT2D eigenvalue weighted by Crippen LogP contribution is -2.30. The summed E-state index contributed by atoms with van der Waals surface area (Å²) in [6.07, 6.45) is 6.90. The molecular formula is C16H23Br2N. The Balaban J connectivity index is 2.29. The van der Waals surface area contributed by atoms with Crippen molar-refractivity contribution in [3.8, 4) is 0 Å². The highest BCUT2D eigenvalue weighted by molar-refractivity contribution is 9.11. The van der Waals surface area contributed by atoms with Gasteiger partial charge < -0.3 is 5.32 Å². The van der Waals surface area contributed by atoms with Crippen molar-refractivity contribution in [1.29, 1.82) is 0 Å². The third kappa shape index (κ3) is 3.83. The summed E-state index contributed by atoms with van der Waals surface area (Å²) in [4.78, 5) is 0. The van der Waals surface area contributed by atoms with Gasteiger partial charge in [0.05, 0.1) is 0 Å². The fraction of sp³-hybridized carbons (Fsp3) is 0.625. The van der Waals surface area contributed by atoms with Gasteiger partial charge in [-0.1, -0.05) is 58.0 Å². The lowest BCUT2D eigenvalue weighted by Gasteiger charge is -2.32. The smallest absolute Gasteiger partial charge is 0.0360 e. The second-order valence-corrected chi connectivity index (χ2v) is 7.27. The van der Waals surface area contributed by atoms with Crippen LogP contribution in [-0.2, 0) is 0 Å². The van der Waals surface area contributed by atoms with Crippen molar-refractivity contribution in [3.63, 3.8) is 0 Å². The molecule has 106 valence electrons. The van der Waals surface area contributed by atoms with E-state index >= 15 is 0 Å². The van der Waals surface area contributed by atoms with Gasteiger partial charge in [0.15, 0.2) is 0 Å². The van der Waals surface area contributed by atoms with Gasteiger partial charge in [-0.15, -0.1) is 0 Å². The van der Waals surface area contributed by atoms with Crippen LogP contribution < -0.4 is 5.32 Å². The highest BCUT2D eigenvalue weighted by Gasteiger charge is 2.26. The molecule has 0 amide bonds. The minimum absolute atomic E-state index is 0.483. The standard InChI is InChI=1S/C16H23Br2N/c1-3-19-16(12-7-5-4-6-8-12)13-10-14(17)11(2)9-15(13)18/h9-10,12,16,19H,3-8H2,1-2H3. The third-order valence-corrected chi connectivity index (χ3v) is 5.70. The second-order valence-electron chi connectivity index (χ2n) is 5.56. The molecule has 1 saturated carbocycles. The molecule has 1 aromatic carbocycles. The Kier molecular flexibility index (Phi) is 5.91. The maximum atomic E-state index is 3.76. The number of rotatable bonds is 4. The molecule has 1 aromatic rings. The van der Waals surface area contributed by atoms with Crippen LogP contribution in [0.5, 0.6) is 0 Å². The van der Waals surface area contributed by atoms with Crippen molar-refractivity contribution < 1.29 is 0 Å². The van der Waals surface area contributed by atoms with E-state index in [2.05, 4.69) is 63.2 Å². The number of hydrogen-bond acceptors (Lipinski definition) is 1. The molecule has 0 spiro atoms. The van der Waals surface area contributed by atoms with Crippen LogP contribution in [-0.4, -0.2) is 6.54 Å². The second kappa shape index (κ2) is 7.24. The number of halogens is 2. The van der Waals surface area contributed by atoms with Crippen LogP contribution in [0, 0.1) is 12.8 Å². The van der Waals surface area contributed by atoms with Gasteiger partial charge >= 0.3 is 0 Å². The molecule has 1 atom stereocenters. The minimum atomic E-state index is 0.483. The number of hydrogen-bond donors (Lipinski definition) is 1. The summed E-state index contributed by atoms with van der Waals surface area (Å²) in [6, 6.07) is 5.00. The van der Waals surface area contributed by atoms with E-state index in [9.17, 15) is 0 Å². The largest absolute Gasteiger partial charge is 0.310 e. The Morgan fingerprint density at radius 2 is 1.84 bits per heavy atom. The first kappa shape index (κ1) is 15.5. The molecular weight excluding hydrogens is 366 g/mol. The summed E-state index contributed by atoms with van der Waals surface area (Å²) >= 11 is 7.43. The molecule has 0 bridgehead atoms. The van der Waals surface area contributed by atoms with E-state index in [0.29, 0.717) is 6.04 Å². The molecule has 1 unspecified atom stereocenters. The predicted octanol–water partition coefficient (Wildman–Crippen LogP) is 5.75. The van der Waals surface area contributed by atoms with Crippen LogP contribution in [0.4, 0.5) is 0 Å². The van der Waals surface area contributed by atoms with Gasteiger partial charge in [-0.2, -0.15) is 0 Å². The fourth-order valence-corrected chi connectivity index (χ4v) is 4.18. The van der Waals surface area contributed by atoms with Gasteiger partial charge in [0, 0.05) is 15.0 Å². The van der Waals surface area contributed by atoms with E-state index in [1.807, 2.05) is 0 Å². The van der Waals surface area contributed by atoms with Crippen molar-refractivity contribution in [2.24, 2.45) is 5.92 Å². The van der Waals surface area contributed by atoms with Crippen LogP contribution in [0.2, 0.25) is 0 Å². The fourth-order valence-electron chi connectivity index (χ4n) is 3.12. The van der Waals surface area contributed by atoms with Crippen LogP contribution in [0.25, 0.3) is 0 Å². The Morgan fingerprint density at radius 3 is 2.47 bits per heavy atom. The summed E-state index contributed by atoms with van der Waals surface area (Å²) in [5, 5.41) is 3.71. The first-order valence-electron chi connectivity index (χ1n) is 7.32. The Labute approximate surface area is 133 Å². The zero-order valence-corrected chi connectivity index (χ0v) is 15.0. The summed E-state index contributed by atoms with van der Waals surface area (Å²) in [6.45, 7) is 5.37. The number of aryl methyl sites for hydroxylation is 1. The Morgan fingerprint density at radius 1 is 1.16 bits per heavy atom. The van der Waals surface area contributed by atoms with E-state index < -0.39 is 0 Å². The molecule has 19 heavy (non-hydrogen) atoms. The Bertz CT molecular complexity index is 425. The molecule has 1 N–H and O–H groups in total. The van der Waals surface area contributed by atoms with Gasteiger partial charge in [0.1, 0.15) is 0 Å². The van der Waals surface area contributed by atoms with E-state index in [1.54, 1.807) is 0 Å². The van der Waals surface area contributed by atoms with Crippen molar-refractivity contribution in [2.75, 3.05) is 6.54 Å².